The van der Waals surface area contributed by atoms with E-state index >= 15 is 0 Å². The van der Waals surface area contributed by atoms with E-state index in [4.69, 9.17) is 17.3 Å². The summed E-state index contributed by atoms with van der Waals surface area (Å²) in [6.45, 7) is 1.60. The van der Waals surface area contributed by atoms with Gasteiger partial charge in [-0.15, -0.1) is 12.4 Å². The lowest BCUT2D eigenvalue weighted by Gasteiger charge is -2.30. The monoisotopic (exact) mass is 364 g/mol. The molecule has 6 nitrogen and oxygen atoms in total. The molecule has 0 unspecified atom stereocenters. The highest BCUT2D eigenvalue weighted by molar-refractivity contribution is 7.89. The van der Waals surface area contributed by atoms with Gasteiger partial charge in [0.15, 0.2) is 0 Å². The van der Waals surface area contributed by atoms with Gasteiger partial charge in [-0.25, -0.2) is 13.4 Å². The number of nitrogens with one attached hydrogen (secondary N) is 1. The van der Waals surface area contributed by atoms with E-state index in [-0.39, 0.29) is 17.3 Å². The second kappa shape index (κ2) is 6.72. The number of hydrogen-bond donors (Lipinski definition) is 2. The van der Waals surface area contributed by atoms with Crippen molar-refractivity contribution >= 4 is 45.1 Å². The summed E-state index contributed by atoms with van der Waals surface area (Å²) in [5.41, 5.74) is 6.13. The fourth-order valence-electron chi connectivity index (χ4n) is 2.72. The van der Waals surface area contributed by atoms with Gasteiger partial charge in [0.25, 0.3) is 0 Å². The van der Waals surface area contributed by atoms with E-state index in [9.17, 15) is 8.42 Å². The first-order valence-electron chi connectivity index (χ1n) is 6.86. The summed E-state index contributed by atoms with van der Waals surface area (Å²) in [6, 6.07) is 1.59. The van der Waals surface area contributed by atoms with Gasteiger partial charge in [0, 0.05) is 25.5 Å². The summed E-state index contributed by atoms with van der Waals surface area (Å²) in [5.74, 6) is 0.407. The maximum absolute atomic E-state index is 12.8. The van der Waals surface area contributed by atoms with Crippen LogP contribution in [0.1, 0.15) is 12.8 Å². The van der Waals surface area contributed by atoms with Crippen molar-refractivity contribution in [3.05, 3.63) is 23.5 Å². The average molecular weight is 365 g/mol. The summed E-state index contributed by atoms with van der Waals surface area (Å²) < 4.78 is 27.1. The smallest absolute Gasteiger partial charge is 0.245 e. The number of pyridine rings is 1. The SMILES string of the molecule is Cl.NCC1CCN(S(=O)(=O)c2c[nH]c3nccc(Cl)c23)CC1. The molecule has 3 rings (SSSR count). The molecule has 0 atom stereocenters. The molecule has 0 aliphatic carbocycles. The minimum Gasteiger partial charge on any atom is -0.345 e. The van der Waals surface area contributed by atoms with Crippen molar-refractivity contribution in [3.8, 4) is 0 Å². The Hall–Kier alpha value is -0.860. The van der Waals surface area contributed by atoms with Crippen LogP contribution in [0.5, 0.6) is 0 Å². The van der Waals surface area contributed by atoms with E-state index in [2.05, 4.69) is 9.97 Å². The Bertz CT molecular complexity index is 754. The topological polar surface area (TPSA) is 92.1 Å². The van der Waals surface area contributed by atoms with Crippen molar-refractivity contribution in [2.75, 3.05) is 19.6 Å². The molecule has 9 heteroatoms. The van der Waals surface area contributed by atoms with Crippen LogP contribution in [-0.4, -0.2) is 42.3 Å². The first-order chi connectivity index (χ1) is 10.0. The zero-order valence-electron chi connectivity index (χ0n) is 11.8. The van der Waals surface area contributed by atoms with Gasteiger partial charge >= 0.3 is 0 Å². The minimum atomic E-state index is -3.56. The molecule has 3 heterocycles. The number of hydrogen-bond acceptors (Lipinski definition) is 4. The number of fused-ring (bicyclic) bond motifs is 1. The Labute approximate surface area is 140 Å². The molecule has 0 bridgehead atoms. The molecule has 122 valence electrons. The summed E-state index contributed by atoms with van der Waals surface area (Å²) in [5, 5.41) is 0.844. The number of H-pyrrole nitrogens is 1. The molecule has 0 aromatic carbocycles. The number of nitrogens with two attached hydrogens (primary N) is 1. The van der Waals surface area contributed by atoms with Gasteiger partial charge in [-0.1, -0.05) is 11.6 Å². The third-order valence-electron chi connectivity index (χ3n) is 4.01. The van der Waals surface area contributed by atoms with Crippen LogP contribution >= 0.6 is 24.0 Å². The molecular weight excluding hydrogens is 347 g/mol. The third-order valence-corrected chi connectivity index (χ3v) is 6.25. The number of aromatic nitrogens is 2. The highest BCUT2D eigenvalue weighted by Crippen LogP contribution is 2.31. The molecule has 1 saturated heterocycles. The quantitative estimate of drug-likeness (QED) is 0.870. The Morgan fingerprint density at radius 3 is 2.73 bits per heavy atom. The molecule has 1 fully saturated rings. The molecule has 1 aliphatic rings. The zero-order chi connectivity index (χ0) is 15.0. The van der Waals surface area contributed by atoms with Crippen molar-refractivity contribution < 1.29 is 8.42 Å². The number of piperidine rings is 1. The third kappa shape index (κ3) is 2.96. The van der Waals surface area contributed by atoms with E-state index < -0.39 is 10.0 Å². The number of aromatic amines is 1. The molecule has 2 aromatic rings. The van der Waals surface area contributed by atoms with Crippen molar-refractivity contribution in [1.82, 2.24) is 14.3 Å². The summed E-state index contributed by atoms with van der Waals surface area (Å²) in [6.07, 6.45) is 4.60. The first kappa shape index (κ1) is 17.5. The normalized spacial score (nSPS) is 17.5. The number of halogens is 2. The van der Waals surface area contributed by atoms with Crippen molar-refractivity contribution in [2.24, 2.45) is 11.7 Å². The van der Waals surface area contributed by atoms with E-state index in [0.29, 0.717) is 41.6 Å². The second-order valence-electron chi connectivity index (χ2n) is 5.25. The first-order valence-corrected chi connectivity index (χ1v) is 8.67. The summed E-state index contributed by atoms with van der Waals surface area (Å²) in [4.78, 5) is 7.18. The van der Waals surface area contributed by atoms with Crippen molar-refractivity contribution in [1.29, 1.82) is 0 Å². The predicted octanol–water partition coefficient (Wildman–Crippen LogP) is 2.00. The molecule has 0 spiro atoms. The van der Waals surface area contributed by atoms with Gasteiger partial charge in [-0.3, -0.25) is 0 Å². The van der Waals surface area contributed by atoms with Crippen LogP contribution in [0.25, 0.3) is 11.0 Å². The van der Waals surface area contributed by atoms with Crippen LogP contribution < -0.4 is 5.73 Å². The zero-order valence-corrected chi connectivity index (χ0v) is 14.2. The molecule has 1 aliphatic heterocycles. The van der Waals surface area contributed by atoms with E-state index in [1.165, 1.54) is 10.5 Å². The molecule has 0 saturated carbocycles. The maximum Gasteiger partial charge on any atom is 0.245 e. The number of nitrogens with zero attached hydrogens (tertiary/aromatic N) is 2. The van der Waals surface area contributed by atoms with Gasteiger partial charge in [0.2, 0.25) is 10.0 Å². The maximum atomic E-state index is 12.8. The fraction of sp³-hybridized carbons (Fsp3) is 0.462. The van der Waals surface area contributed by atoms with Crippen LogP contribution in [0, 0.1) is 5.92 Å². The number of rotatable bonds is 3. The Kier molecular flexibility index (Phi) is 5.34. The lowest BCUT2D eigenvalue weighted by molar-refractivity contribution is 0.278. The van der Waals surface area contributed by atoms with E-state index in [1.54, 1.807) is 12.3 Å². The van der Waals surface area contributed by atoms with E-state index in [0.717, 1.165) is 12.8 Å². The molecule has 22 heavy (non-hydrogen) atoms. The van der Waals surface area contributed by atoms with Gasteiger partial charge in [0.1, 0.15) is 10.5 Å². The second-order valence-corrected chi connectivity index (χ2v) is 7.57. The molecule has 3 N–H and O–H groups in total. The molecule has 2 aromatic heterocycles. The van der Waals surface area contributed by atoms with Gasteiger partial charge in [-0.2, -0.15) is 4.31 Å². The van der Waals surface area contributed by atoms with Gasteiger partial charge in [0.05, 0.1) is 10.4 Å². The minimum absolute atomic E-state index is 0. The van der Waals surface area contributed by atoms with Crippen molar-refractivity contribution in [2.45, 2.75) is 17.7 Å². The largest absolute Gasteiger partial charge is 0.345 e. The van der Waals surface area contributed by atoms with Gasteiger partial charge < -0.3 is 10.7 Å². The standard InChI is InChI=1S/C13H17ClN4O2S.ClH/c14-10-1-4-16-13-12(10)11(8-17-13)21(19,20)18-5-2-9(7-15)3-6-18;/h1,4,8-9H,2-3,5-7,15H2,(H,16,17);1H. The Morgan fingerprint density at radius 2 is 2.09 bits per heavy atom. The Balaban J connectivity index is 0.00000176. The van der Waals surface area contributed by atoms with Gasteiger partial charge in [-0.05, 0) is 31.4 Å². The van der Waals surface area contributed by atoms with Crippen LogP contribution in [0.3, 0.4) is 0 Å². The average Bonchev–Trinajstić information content (AvgIpc) is 2.93. The highest BCUT2D eigenvalue weighted by Gasteiger charge is 2.31. The van der Waals surface area contributed by atoms with Crippen LogP contribution in [0.4, 0.5) is 0 Å². The molecular formula is C13H18Cl2N4O2S. The van der Waals surface area contributed by atoms with Crippen LogP contribution in [-0.2, 0) is 10.0 Å². The predicted molar refractivity (Wildman–Crippen MR) is 88.9 cm³/mol. The van der Waals surface area contributed by atoms with Crippen molar-refractivity contribution in [3.63, 3.8) is 0 Å². The molecule has 0 radical (unpaired) electrons. The lowest BCUT2D eigenvalue weighted by atomic mass is 9.99. The Morgan fingerprint density at radius 1 is 1.41 bits per heavy atom. The molecule has 0 amide bonds. The van der Waals surface area contributed by atoms with Crippen LogP contribution in [0.2, 0.25) is 5.02 Å². The number of sulfonamides is 1. The van der Waals surface area contributed by atoms with E-state index in [1.807, 2.05) is 0 Å². The lowest BCUT2D eigenvalue weighted by Crippen LogP contribution is -2.39. The summed E-state index contributed by atoms with van der Waals surface area (Å²) in [7, 11) is -3.56. The highest BCUT2D eigenvalue weighted by atomic mass is 35.5. The summed E-state index contributed by atoms with van der Waals surface area (Å²) >= 11 is 6.13. The van der Waals surface area contributed by atoms with Crippen LogP contribution in [0.15, 0.2) is 23.4 Å². The fourth-order valence-corrected chi connectivity index (χ4v) is 4.66.